The van der Waals surface area contributed by atoms with Gasteiger partial charge in [0, 0.05) is 11.0 Å². The summed E-state index contributed by atoms with van der Waals surface area (Å²) in [6.45, 7) is 6.01. The highest BCUT2D eigenvalue weighted by Gasteiger charge is 2.20. The molecule has 0 aliphatic carbocycles. The quantitative estimate of drug-likeness (QED) is 0.939. The molecular weight excluding hydrogens is 275 g/mol. The number of rotatable bonds is 4. The lowest BCUT2D eigenvalue weighted by molar-refractivity contribution is 0.0999. The predicted molar refractivity (Wildman–Crippen MR) is 74.5 cm³/mol. The Morgan fingerprint density at radius 2 is 2.14 bits per heavy atom. The van der Waals surface area contributed by atoms with Gasteiger partial charge in [-0.15, -0.1) is 0 Å². The van der Waals surface area contributed by atoms with E-state index in [2.05, 4.69) is 4.98 Å². The van der Waals surface area contributed by atoms with E-state index in [1.54, 1.807) is 0 Å². The lowest BCUT2D eigenvalue weighted by atomic mass is 9.97. The number of halogens is 1. The number of primary amides is 1. The highest BCUT2D eigenvalue weighted by atomic mass is 19.1. The molecule has 21 heavy (non-hydrogen) atoms. The molecule has 0 aliphatic heterocycles. The maximum absolute atomic E-state index is 13.7. The lowest BCUT2D eigenvalue weighted by Gasteiger charge is -2.11. The van der Waals surface area contributed by atoms with E-state index in [-0.39, 0.29) is 23.3 Å². The average molecular weight is 292 g/mol. The number of oxazole rings is 1. The second kappa shape index (κ2) is 5.55. The molecular formula is C15H17FN2O3. The summed E-state index contributed by atoms with van der Waals surface area (Å²) in [7, 11) is 0. The van der Waals surface area contributed by atoms with E-state index in [0.29, 0.717) is 11.6 Å². The van der Waals surface area contributed by atoms with Gasteiger partial charge in [-0.25, -0.2) is 9.37 Å². The van der Waals surface area contributed by atoms with Crippen molar-refractivity contribution in [3.63, 3.8) is 0 Å². The molecule has 5 nitrogen and oxygen atoms in total. The van der Waals surface area contributed by atoms with Crippen LogP contribution in [-0.4, -0.2) is 10.9 Å². The number of benzene rings is 1. The van der Waals surface area contributed by atoms with Crippen molar-refractivity contribution in [2.75, 3.05) is 0 Å². The van der Waals surface area contributed by atoms with Gasteiger partial charge in [-0.3, -0.25) is 4.79 Å². The van der Waals surface area contributed by atoms with Crippen molar-refractivity contribution in [2.24, 2.45) is 5.73 Å². The Bertz CT molecular complexity index is 659. The molecule has 2 aromatic rings. The van der Waals surface area contributed by atoms with Crippen molar-refractivity contribution < 1.29 is 18.3 Å². The highest BCUT2D eigenvalue weighted by Crippen LogP contribution is 2.23. The van der Waals surface area contributed by atoms with Gasteiger partial charge in [-0.2, -0.15) is 0 Å². The van der Waals surface area contributed by atoms with Gasteiger partial charge in [0.25, 0.3) is 0 Å². The number of nitrogens with two attached hydrogens (primary N) is 1. The van der Waals surface area contributed by atoms with Crippen LogP contribution in [0.2, 0.25) is 0 Å². The van der Waals surface area contributed by atoms with Crippen LogP contribution in [0.3, 0.4) is 0 Å². The van der Waals surface area contributed by atoms with E-state index in [4.69, 9.17) is 14.9 Å². The van der Waals surface area contributed by atoms with Gasteiger partial charge < -0.3 is 14.9 Å². The third-order valence-corrected chi connectivity index (χ3v) is 2.79. The number of hydrogen-bond donors (Lipinski definition) is 1. The minimum atomic E-state index is -0.688. The molecule has 0 atom stereocenters. The molecule has 0 spiro atoms. The fourth-order valence-electron chi connectivity index (χ4n) is 1.64. The van der Waals surface area contributed by atoms with Crippen molar-refractivity contribution in [3.8, 4) is 5.75 Å². The Morgan fingerprint density at radius 3 is 2.67 bits per heavy atom. The van der Waals surface area contributed by atoms with Crippen molar-refractivity contribution in [3.05, 3.63) is 47.4 Å². The van der Waals surface area contributed by atoms with Crippen molar-refractivity contribution in [2.45, 2.75) is 32.8 Å². The second-order valence-electron chi connectivity index (χ2n) is 5.69. The summed E-state index contributed by atoms with van der Waals surface area (Å²) in [5, 5.41) is 0. The summed E-state index contributed by atoms with van der Waals surface area (Å²) in [5.41, 5.74) is 5.53. The van der Waals surface area contributed by atoms with Crippen molar-refractivity contribution in [1.29, 1.82) is 0 Å². The van der Waals surface area contributed by atoms with Crippen LogP contribution in [0.15, 0.2) is 28.9 Å². The van der Waals surface area contributed by atoms with Gasteiger partial charge in [0.05, 0.1) is 0 Å². The van der Waals surface area contributed by atoms with Crippen molar-refractivity contribution >= 4 is 5.91 Å². The number of hydrogen-bond acceptors (Lipinski definition) is 4. The van der Waals surface area contributed by atoms with Crippen LogP contribution in [0.25, 0.3) is 0 Å². The largest absolute Gasteiger partial charge is 0.484 e. The number of carbonyl (C=O) groups excluding carboxylic acids is 1. The number of aromatic nitrogens is 1. The Morgan fingerprint density at radius 1 is 1.43 bits per heavy atom. The molecule has 0 radical (unpaired) electrons. The van der Waals surface area contributed by atoms with Crippen LogP contribution in [0.4, 0.5) is 4.39 Å². The van der Waals surface area contributed by atoms with Crippen LogP contribution < -0.4 is 10.5 Å². The first kappa shape index (κ1) is 15.0. The third kappa shape index (κ3) is 3.59. The Labute approximate surface area is 121 Å². The number of nitrogens with zero attached hydrogens (tertiary/aromatic N) is 1. The summed E-state index contributed by atoms with van der Waals surface area (Å²) in [4.78, 5) is 15.2. The Kier molecular flexibility index (Phi) is 3.97. The maximum Gasteiger partial charge on any atom is 0.248 e. The zero-order chi connectivity index (χ0) is 15.6. The highest BCUT2D eigenvalue weighted by molar-refractivity contribution is 5.92. The van der Waals surface area contributed by atoms with Gasteiger partial charge in [-0.05, 0) is 18.2 Å². The molecule has 0 saturated heterocycles. The normalized spacial score (nSPS) is 11.4. The molecule has 0 saturated carbocycles. The number of amides is 1. The van der Waals surface area contributed by atoms with Crippen LogP contribution in [0.5, 0.6) is 5.75 Å². The van der Waals surface area contributed by atoms with Gasteiger partial charge >= 0.3 is 0 Å². The summed E-state index contributed by atoms with van der Waals surface area (Å²) in [6, 6.07) is 3.81. The summed E-state index contributed by atoms with van der Waals surface area (Å²) in [5.74, 6) is -0.719. The molecule has 0 fully saturated rings. The monoisotopic (exact) mass is 292 g/mol. The second-order valence-corrected chi connectivity index (χ2v) is 5.69. The SMILES string of the molecule is CC(C)(C)c1nc(COc2ccc(C(N)=O)cc2F)co1. The van der Waals surface area contributed by atoms with Crippen LogP contribution in [-0.2, 0) is 12.0 Å². The van der Waals surface area contributed by atoms with Crippen molar-refractivity contribution in [1.82, 2.24) is 4.98 Å². The molecule has 6 heteroatoms. The lowest BCUT2D eigenvalue weighted by Crippen LogP contribution is -2.12. The summed E-state index contributed by atoms with van der Waals surface area (Å²) >= 11 is 0. The molecule has 2 N–H and O–H groups in total. The molecule has 0 unspecified atom stereocenters. The summed E-state index contributed by atoms with van der Waals surface area (Å²) in [6.07, 6.45) is 1.48. The molecule has 0 bridgehead atoms. The minimum Gasteiger partial charge on any atom is -0.484 e. The molecule has 112 valence electrons. The predicted octanol–water partition coefficient (Wildman–Crippen LogP) is 2.79. The summed E-state index contributed by atoms with van der Waals surface area (Å²) < 4.78 is 24.4. The Hall–Kier alpha value is -2.37. The van der Waals surface area contributed by atoms with Gasteiger partial charge in [0.2, 0.25) is 5.91 Å². The van der Waals surface area contributed by atoms with E-state index < -0.39 is 11.7 Å². The Balaban J connectivity index is 2.06. The number of carbonyl (C=O) groups is 1. The molecule has 0 aliphatic rings. The minimum absolute atomic E-state index is 0.0281. The zero-order valence-corrected chi connectivity index (χ0v) is 12.1. The van der Waals surface area contributed by atoms with E-state index in [0.717, 1.165) is 6.07 Å². The average Bonchev–Trinajstić information content (AvgIpc) is 2.85. The smallest absolute Gasteiger partial charge is 0.248 e. The first-order valence-corrected chi connectivity index (χ1v) is 6.44. The third-order valence-electron chi connectivity index (χ3n) is 2.79. The number of ether oxygens (including phenoxy) is 1. The molecule has 1 heterocycles. The maximum atomic E-state index is 13.7. The van der Waals surface area contributed by atoms with E-state index in [1.165, 1.54) is 18.4 Å². The van der Waals surface area contributed by atoms with E-state index in [1.807, 2.05) is 20.8 Å². The fraction of sp³-hybridized carbons (Fsp3) is 0.333. The van der Waals surface area contributed by atoms with E-state index in [9.17, 15) is 9.18 Å². The molecule has 1 aromatic carbocycles. The van der Waals surface area contributed by atoms with Gasteiger partial charge in [0.1, 0.15) is 18.6 Å². The van der Waals surface area contributed by atoms with Gasteiger partial charge in [-0.1, -0.05) is 20.8 Å². The fourth-order valence-corrected chi connectivity index (χ4v) is 1.64. The van der Waals surface area contributed by atoms with Crippen LogP contribution in [0.1, 0.15) is 42.7 Å². The van der Waals surface area contributed by atoms with E-state index >= 15 is 0 Å². The zero-order valence-electron chi connectivity index (χ0n) is 12.1. The standard InChI is InChI=1S/C15H17FN2O3/c1-15(2,3)14-18-10(8-21-14)7-20-12-5-4-9(13(17)19)6-11(12)16/h4-6,8H,7H2,1-3H3,(H2,17,19). The van der Waals surface area contributed by atoms with Crippen LogP contribution in [0, 0.1) is 5.82 Å². The molecule has 2 rings (SSSR count). The topological polar surface area (TPSA) is 78.4 Å². The van der Waals surface area contributed by atoms with Gasteiger partial charge in [0.15, 0.2) is 17.5 Å². The molecule has 1 aromatic heterocycles. The molecule has 1 amide bonds. The van der Waals surface area contributed by atoms with Crippen LogP contribution >= 0.6 is 0 Å². The first-order valence-electron chi connectivity index (χ1n) is 6.44. The first-order chi connectivity index (χ1) is 9.77.